The van der Waals surface area contributed by atoms with Crippen LogP contribution < -0.4 is 14.2 Å². The number of fused-ring (bicyclic) bond motifs is 3. The molecule has 17 nitrogen and oxygen atoms in total. The quantitative estimate of drug-likeness (QED) is 0.0250. The Labute approximate surface area is 568 Å². The fourth-order valence-electron chi connectivity index (χ4n) is 11.5. The molecule has 0 spiro atoms. The molecular weight excluding hydrogens is 1230 g/mol. The van der Waals surface area contributed by atoms with E-state index in [0.29, 0.717) is 47.9 Å². The lowest BCUT2D eigenvalue weighted by atomic mass is 9.89. The number of phenolic OH excluding ortho intramolecular Hbond substituents is 11. The van der Waals surface area contributed by atoms with Gasteiger partial charge < -0.3 is 70.4 Å². The number of hydrogen-bond acceptors (Lipinski definition) is 17. The van der Waals surface area contributed by atoms with Crippen molar-refractivity contribution in [3.05, 3.63) is 210 Å². The smallest absolute Gasteiger partial charge is 0.174 e. The highest BCUT2D eigenvalue weighted by Gasteiger charge is 2.36. The van der Waals surface area contributed by atoms with Crippen molar-refractivity contribution in [3.8, 4) is 80.5 Å². The maximum absolute atomic E-state index is 13.1. The van der Waals surface area contributed by atoms with E-state index >= 15 is 0 Å². The topological polar surface area (TPSA) is 301 Å². The summed E-state index contributed by atoms with van der Waals surface area (Å²) in [6.07, 6.45) is 19.8. The lowest BCUT2D eigenvalue weighted by molar-refractivity contribution is 0.0833. The summed E-state index contributed by atoms with van der Waals surface area (Å²) in [4.78, 5) is 38.2. The van der Waals surface area contributed by atoms with Crippen molar-refractivity contribution in [1.29, 1.82) is 0 Å². The predicted octanol–water partition coefficient (Wildman–Crippen LogP) is 18.2. The van der Waals surface area contributed by atoms with Gasteiger partial charge in [-0.25, -0.2) is 0 Å². The van der Waals surface area contributed by atoms with Crippen molar-refractivity contribution in [3.63, 3.8) is 0 Å². The van der Waals surface area contributed by atoms with E-state index < -0.39 is 18.3 Å². The van der Waals surface area contributed by atoms with E-state index in [1.807, 2.05) is 52.0 Å². The zero-order chi connectivity index (χ0) is 71.1. The van der Waals surface area contributed by atoms with Gasteiger partial charge in [-0.3, -0.25) is 14.4 Å². The average Bonchev–Trinajstić information content (AvgIpc) is 0.778. The Morgan fingerprint density at radius 3 is 1.30 bits per heavy atom. The SMILES string of the molecule is CC(C)=CCC/C(C)=C/Cc1c([C@@H]2CC(=O)c3c(cc(O)c(CC=C(C)C)c3O)O2)ccc(O)c1O.CC(C)=CCC/C(C)=C/Cc1cc([C@@H]2CC(=O)c3c(O)cc(O)cc3O2)cc(O)c1O.CC(C)=CCC/C(C)=C/Cc1cc([C@@H]2CC(=O)c3c(O)cc(O)cc3O2)ccc1O. The molecule has 0 saturated heterocycles. The molecule has 0 aromatic heterocycles. The van der Waals surface area contributed by atoms with E-state index in [9.17, 15) is 70.6 Å². The first-order valence-corrected chi connectivity index (χ1v) is 32.6. The Morgan fingerprint density at radius 1 is 0.361 bits per heavy atom. The van der Waals surface area contributed by atoms with Gasteiger partial charge in [0.1, 0.15) is 92.5 Å². The fourth-order valence-corrected chi connectivity index (χ4v) is 11.5. The number of allylic oxidation sites excluding steroid dienone is 14. The van der Waals surface area contributed by atoms with Crippen LogP contribution in [0.4, 0.5) is 0 Å². The summed E-state index contributed by atoms with van der Waals surface area (Å²) in [5.74, 6) is -2.74. The number of rotatable bonds is 20. The standard InChI is InChI=1S/C30H36O6.C25H28O6.C25H28O5/c1-17(2)7-6-8-19(5)10-12-21-20(13-14-23(31)29(21)34)26-16-25(33)28-27(36-26)15-24(32)22(30(28)35)11-9-18(3)4;1-14(2)5-4-6-15(3)7-8-16-9-17(10-21(29)25(16)30)22-13-20(28)24-19(27)11-18(26)12-23(24)31-22;1-15(2)5-4-6-16(3)7-8-17-11-18(9-10-20(17)27)23-14-22(29)25-21(28)12-19(26)13-24(25)30-23/h7,9-10,13-15,26,31-32,34-35H,6,8,11-12,16H2,1-5H3;5,7,9-12,22,26-27,29-30H,4,6,8,13H2,1-3H3;5,7,9-13,23,26-28H,4,6,8,14H2,1-3H3/b19-10+;15-7+;16-7+/t26-;22-;23-/m000/s1. The number of phenols is 11. The van der Waals surface area contributed by atoms with Gasteiger partial charge >= 0.3 is 0 Å². The summed E-state index contributed by atoms with van der Waals surface area (Å²) in [5, 5.41) is 112. The summed E-state index contributed by atoms with van der Waals surface area (Å²) in [6.45, 7) is 22.4. The Kier molecular flexibility index (Phi) is 25.5. The van der Waals surface area contributed by atoms with E-state index in [1.165, 1.54) is 58.2 Å². The number of aromatic hydroxyl groups is 11. The second kappa shape index (κ2) is 33.4. The summed E-state index contributed by atoms with van der Waals surface area (Å²) in [5.41, 5.74) is 12.5. The molecule has 0 bridgehead atoms. The summed E-state index contributed by atoms with van der Waals surface area (Å²) in [6, 6.07) is 17.5. The van der Waals surface area contributed by atoms with Crippen molar-refractivity contribution in [2.45, 2.75) is 178 Å². The van der Waals surface area contributed by atoms with Crippen LogP contribution in [0.1, 0.15) is 222 Å². The number of benzene rings is 6. The number of Topliss-reactive ketones (excluding diaryl/α,β-unsaturated/α-hetero) is 3. The molecule has 0 radical (unpaired) electrons. The molecule has 17 heteroatoms. The van der Waals surface area contributed by atoms with Crippen LogP contribution in [0.5, 0.6) is 80.5 Å². The molecule has 9 rings (SSSR count). The largest absolute Gasteiger partial charge is 0.508 e. The first kappa shape index (κ1) is 74.1. The third-order valence-electron chi connectivity index (χ3n) is 16.9. The molecular formula is C80H92O17. The second-order valence-electron chi connectivity index (χ2n) is 26.1. The van der Waals surface area contributed by atoms with Gasteiger partial charge in [0.05, 0.1) is 19.3 Å². The van der Waals surface area contributed by atoms with Crippen LogP contribution in [-0.4, -0.2) is 73.5 Å². The van der Waals surface area contributed by atoms with Crippen LogP contribution in [0.2, 0.25) is 0 Å². The highest BCUT2D eigenvalue weighted by Crippen LogP contribution is 2.49. The predicted molar refractivity (Wildman–Crippen MR) is 375 cm³/mol. The van der Waals surface area contributed by atoms with E-state index in [0.717, 1.165) is 72.9 Å². The van der Waals surface area contributed by atoms with Crippen molar-refractivity contribution in [2.75, 3.05) is 0 Å². The summed E-state index contributed by atoms with van der Waals surface area (Å²) < 4.78 is 17.8. The van der Waals surface area contributed by atoms with Gasteiger partial charge in [-0.15, -0.1) is 0 Å². The molecule has 3 aliphatic rings. The van der Waals surface area contributed by atoms with Crippen LogP contribution in [0.3, 0.4) is 0 Å². The summed E-state index contributed by atoms with van der Waals surface area (Å²) in [7, 11) is 0. The highest BCUT2D eigenvalue weighted by atomic mass is 16.5. The number of carbonyl (C=O) groups excluding carboxylic acids is 3. The van der Waals surface area contributed by atoms with Crippen molar-refractivity contribution >= 4 is 17.3 Å². The van der Waals surface area contributed by atoms with Gasteiger partial charge in [-0.1, -0.05) is 93.7 Å². The first-order valence-electron chi connectivity index (χ1n) is 32.6. The highest BCUT2D eigenvalue weighted by molar-refractivity contribution is 6.04. The van der Waals surface area contributed by atoms with Crippen LogP contribution in [0.15, 0.2) is 154 Å². The first-order chi connectivity index (χ1) is 45.9. The van der Waals surface area contributed by atoms with E-state index in [4.69, 9.17) is 14.2 Å². The van der Waals surface area contributed by atoms with Crippen molar-refractivity contribution < 1.29 is 84.8 Å². The zero-order valence-electron chi connectivity index (χ0n) is 57.3. The second-order valence-corrected chi connectivity index (χ2v) is 26.1. The zero-order valence-corrected chi connectivity index (χ0v) is 57.3. The van der Waals surface area contributed by atoms with Crippen molar-refractivity contribution in [1.82, 2.24) is 0 Å². The van der Waals surface area contributed by atoms with Gasteiger partial charge in [0, 0.05) is 52.6 Å². The van der Waals surface area contributed by atoms with Gasteiger partial charge in [-0.2, -0.15) is 0 Å². The molecule has 3 heterocycles. The monoisotopic (exact) mass is 1320 g/mol. The number of hydrogen-bond donors (Lipinski definition) is 11. The third kappa shape index (κ3) is 19.9. The van der Waals surface area contributed by atoms with E-state index in [-0.39, 0.29) is 139 Å². The average molecular weight is 1330 g/mol. The van der Waals surface area contributed by atoms with Crippen LogP contribution in [-0.2, 0) is 25.7 Å². The van der Waals surface area contributed by atoms with Crippen LogP contribution in [0, 0.1) is 0 Å². The van der Waals surface area contributed by atoms with Gasteiger partial charge in [0.25, 0.3) is 0 Å². The Balaban J connectivity index is 0.000000206. The molecule has 0 fully saturated rings. The van der Waals surface area contributed by atoms with Gasteiger partial charge in [0.2, 0.25) is 0 Å². The lowest BCUT2D eigenvalue weighted by Gasteiger charge is -2.28. The summed E-state index contributed by atoms with van der Waals surface area (Å²) >= 11 is 0. The molecule has 97 heavy (non-hydrogen) atoms. The maximum atomic E-state index is 13.1. The fraction of sp³-hybridized carbons (Fsp3) is 0.338. The molecule has 514 valence electrons. The molecule has 6 aromatic rings. The normalized spacial score (nSPS) is 15.7. The van der Waals surface area contributed by atoms with Crippen LogP contribution >= 0.6 is 0 Å². The molecule has 11 N–H and O–H groups in total. The van der Waals surface area contributed by atoms with Crippen molar-refractivity contribution in [2.24, 2.45) is 0 Å². The van der Waals surface area contributed by atoms with E-state index in [1.54, 1.807) is 24.3 Å². The number of ether oxygens (including phenoxy) is 3. The molecule has 6 aromatic carbocycles. The Bertz CT molecular complexity index is 4150. The molecule has 3 atom stereocenters. The molecule has 0 amide bonds. The molecule has 0 aliphatic carbocycles. The van der Waals surface area contributed by atoms with Gasteiger partial charge in [-0.05, 0) is 187 Å². The van der Waals surface area contributed by atoms with Gasteiger partial charge in [0.15, 0.2) is 40.3 Å². The minimum Gasteiger partial charge on any atom is -0.508 e. The third-order valence-corrected chi connectivity index (χ3v) is 16.9. The van der Waals surface area contributed by atoms with E-state index in [2.05, 4.69) is 72.8 Å². The minimum atomic E-state index is -0.742. The van der Waals surface area contributed by atoms with Crippen LogP contribution in [0.25, 0.3) is 0 Å². The molecule has 0 unspecified atom stereocenters. The number of carbonyl (C=O) groups is 3. The maximum Gasteiger partial charge on any atom is 0.174 e. The minimum absolute atomic E-state index is 0.0344. The molecule has 3 aliphatic heterocycles. The Morgan fingerprint density at radius 2 is 0.784 bits per heavy atom. The number of ketones is 3. The Hall–Kier alpha value is -10.3. The lowest BCUT2D eigenvalue weighted by Crippen LogP contribution is -2.22. The molecule has 0 saturated carbocycles.